The van der Waals surface area contributed by atoms with Crippen molar-refractivity contribution in [3.63, 3.8) is 0 Å². The SMILES string of the molecule is C[C@@H]1Cc2cc(COc3ccc(NC(=O)c4ccccc4Br)c([N+](=O)[O-])c3)ccc2O1. The molecule has 0 spiro atoms. The maximum Gasteiger partial charge on any atom is 0.296 e. The maximum absolute atomic E-state index is 12.5. The van der Waals surface area contributed by atoms with E-state index >= 15 is 0 Å². The van der Waals surface area contributed by atoms with Gasteiger partial charge in [0, 0.05) is 10.9 Å². The number of ether oxygens (including phenoxy) is 2. The van der Waals surface area contributed by atoms with Crippen LogP contribution in [0.1, 0.15) is 28.4 Å². The van der Waals surface area contributed by atoms with Crippen LogP contribution >= 0.6 is 15.9 Å². The second kappa shape index (κ2) is 8.77. The highest BCUT2D eigenvalue weighted by atomic mass is 79.9. The van der Waals surface area contributed by atoms with Crippen LogP contribution in [0.5, 0.6) is 11.5 Å². The summed E-state index contributed by atoms with van der Waals surface area (Å²) < 4.78 is 12.1. The molecule has 0 aromatic heterocycles. The fourth-order valence-corrected chi connectivity index (χ4v) is 3.89. The summed E-state index contributed by atoms with van der Waals surface area (Å²) in [5.74, 6) is 0.784. The fraction of sp³-hybridized carbons (Fsp3) is 0.174. The second-order valence-electron chi connectivity index (χ2n) is 7.23. The van der Waals surface area contributed by atoms with Crippen LogP contribution in [0.3, 0.4) is 0 Å². The summed E-state index contributed by atoms with van der Waals surface area (Å²) >= 11 is 3.31. The summed E-state index contributed by atoms with van der Waals surface area (Å²) in [4.78, 5) is 23.5. The molecule has 1 amide bonds. The number of nitro benzene ring substituents is 1. The van der Waals surface area contributed by atoms with E-state index in [2.05, 4.69) is 21.2 Å². The number of carbonyl (C=O) groups excluding carboxylic acids is 1. The number of hydrogen-bond acceptors (Lipinski definition) is 5. The molecule has 0 fully saturated rings. The van der Waals surface area contributed by atoms with Crippen molar-refractivity contribution in [2.45, 2.75) is 26.1 Å². The third-order valence-electron chi connectivity index (χ3n) is 4.90. The molecule has 1 aliphatic heterocycles. The zero-order valence-corrected chi connectivity index (χ0v) is 18.2. The predicted molar refractivity (Wildman–Crippen MR) is 120 cm³/mol. The van der Waals surface area contributed by atoms with Gasteiger partial charge >= 0.3 is 0 Å². The molecule has 0 aliphatic carbocycles. The Bertz CT molecular complexity index is 1160. The Morgan fingerprint density at radius 2 is 2.03 bits per heavy atom. The molecule has 4 rings (SSSR count). The van der Waals surface area contributed by atoms with Gasteiger partial charge in [-0.05, 0) is 70.4 Å². The van der Waals surface area contributed by atoms with Crippen molar-refractivity contribution in [3.05, 3.63) is 91.9 Å². The third-order valence-corrected chi connectivity index (χ3v) is 5.59. The summed E-state index contributed by atoms with van der Waals surface area (Å²) in [7, 11) is 0. The molecule has 0 unspecified atom stereocenters. The van der Waals surface area contributed by atoms with E-state index in [0.717, 1.165) is 23.3 Å². The highest BCUT2D eigenvalue weighted by Crippen LogP contribution is 2.32. The van der Waals surface area contributed by atoms with Crippen LogP contribution in [0.15, 0.2) is 65.1 Å². The second-order valence-corrected chi connectivity index (χ2v) is 8.09. The normalized spacial score (nSPS) is 14.5. The van der Waals surface area contributed by atoms with Gasteiger partial charge in [-0.15, -0.1) is 0 Å². The average Bonchev–Trinajstić information content (AvgIpc) is 3.12. The van der Waals surface area contributed by atoms with Gasteiger partial charge in [-0.1, -0.05) is 18.2 Å². The van der Waals surface area contributed by atoms with Gasteiger partial charge in [0.05, 0.1) is 16.6 Å². The molecule has 3 aromatic carbocycles. The van der Waals surface area contributed by atoms with E-state index in [4.69, 9.17) is 9.47 Å². The average molecular weight is 483 g/mol. The summed E-state index contributed by atoms with van der Waals surface area (Å²) in [6, 6.07) is 17.1. The smallest absolute Gasteiger partial charge is 0.296 e. The first kappa shape index (κ1) is 20.9. The van der Waals surface area contributed by atoms with Gasteiger partial charge in [0.25, 0.3) is 11.6 Å². The number of nitro groups is 1. The Hall–Kier alpha value is -3.39. The number of carbonyl (C=O) groups is 1. The number of hydrogen-bond donors (Lipinski definition) is 1. The molecule has 1 heterocycles. The van der Waals surface area contributed by atoms with Crippen LogP contribution in [0.2, 0.25) is 0 Å². The minimum atomic E-state index is -0.545. The molecule has 0 bridgehead atoms. The topological polar surface area (TPSA) is 90.7 Å². The number of benzene rings is 3. The molecule has 0 radical (unpaired) electrons. The Morgan fingerprint density at radius 1 is 1.23 bits per heavy atom. The lowest BCUT2D eigenvalue weighted by atomic mass is 10.1. The van der Waals surface area contributed by atoms with Gasteiger partial charge in [0.1, 0.15) is 29.9 Å². The highest BCUT2D eigenvalue weighted by molar-refractivity contribution is 9.10. The number of nitrogens with one attached hydrogen (secondary N) is 1. The molecule has 8 heteroatoms. The minimum absolute atomic E-state index is 0.0989. The predicted octanol–water partition coefficient (Wildman–Crippen LogP) is 5.51. The van der Waals surface area contributed by atoms with Gasteiger partial charge in [-0.25, -0.2) is 0 Å². The number of anilines is 1. The largest absolute Gasteiger partial charge is 0.490 e. The lowest BCUT2D eigenvalue weighted by molar-refractivity contribution is -0.384. The molecule has 31 heavy (non-hydrogen) atoms. The lowest BCUT2D eigenvalue weighted by Crippen LogP contribution is -2.13. The Kier molecular flexibility index (Phi) is 5.90. The van der Waals surface area contributed by atoms with Crippen LogP contribution < -0.4 is 14.8 Å². The van der Waals surface area contributed by atoms with Crippen LogP contribution in [-0.2, 0) is 13.0 Å². The van der Waals surface area contributed by atoms with Gasteiger partial charge in [0.2, 0.25) is 0 Å². The van der Waals surface area contributed by atoms with E-state index in [1.807, 2.05) is 25.1 Å². The van der Waals surface area contributed by atoms with Crippen molar-refractivity contribution in [3.8, 4) is 11.5 Å². The molecule has 158 valence electrons. The van der Waals surface area contributed by atoms with Crippen molar-refractivity contribution in [1.82, 2.24) is 0 Å². The summed E-state index contributed by atoms with van der Waals surface area (Å²) in [6.07, 6.45) is 1.01. The van der Waals surface area contributed by atoms with Crippen molar-refractivity contribution in [2.24, 2.45) is 0 Å². The van der Waals surface area contributed by atoms with E-state index < -0.39 is 10.8 Å². The van der Waals surface area contributed by atoms with Crippen molar-refractivity contribution >= 4 is 33.2 Å². The third kappa shape index (κ3) is 4.69. The van der Waals surface area contributed by atoms with E-state index in [9.17, 15) is 14.9 Å². The molecular formula is C23H19BrN2O5. The number of rotatable bonds is 6. The van der Waals surface area contributed by atoms with Crippen LogP contribution in [-0.4, -0.2) is 16.9 Å². The molecular weight excluding hydrogens is 464 g/mol. The monoisotopic (exact) mass is 482 g/mol. The molecule has 1 atom stereocenters. The molecule has 1 N–H and O–H groups in total. The molecule has 3 aromatic rings. The number of amides is 1. The zero-order valence-electron chi connectivity index (χ0n) is 16.6. The molecule has 1 aliphatic rings. The molecule has 0 saturated heterocycles. The van der Waals surface area contributed by atoms with Crippen molar-refractivity contribution in [1.29, 1.82) is 0 Å². The van der Waals surface area contributed by atoms with Gasteiger partial charge in [0.15, 0.2) is 0 Å². The van der Waals surface area contributed by atoms with Crippen molar-refractivity contribution in [2.75, 3.05) is 5.32 Å². The van der Waals surface area contributed by atoms with Crippen LogP contribution in [0.4, 0.5) is 11.4 Å². The van der Waals surface area contributed by atoms with Gasteiger partial charge in [-0.2, -0.15) is 0 Å². The quantitative estimate of drug-likeness (QED) is 0.369. The van der Waals surface area contributed by atoms with E-state index in [-0.39, 0.29) is 24.1 Å². The van der Waals surface area contributed by atoms with Gasteiger partial charge < -0.3 is 14.8 Å². The first-order valence-electron chi connectivity index (χ1n) is 9.66. The van der Waals surface area contributed by atoms with E-state index in [1.165, 1.54) is 12.1 Å². The summed E-state index contributed by atoms with van der Waals surface area (Å²) in [5, 5.41) is 14.2. The fourth-order valence-electron chi connectivity index (χ4n) is 3.42. The summed E-state index contributed by atoms with van der Waals surface area (Å²) in [6.45, 7) is 2.29. The number of fused-ring (bicyclic) bond motifs is 1. The number of halogens is 1. The standard InChI is InChI=1S/C23H19BrN2O5/c1-14-10-16-11-15(6-9-22(16)31-14)13-30-17-7-8-20(21(12-17)26(28)29)25-23(27)18-4-2-3-5-19(18)24/h2-9,11-12,14H,10,13H2,1H3,(H,25,27)/t14-/m1/s1. The highest BCUT2D eigenvalue weighted by Gasteiger charge is 2.20. The lowest BCUT2D eigenvalue weighted by Gasteiger charge is -2.10. The minimum Gasteiger partial charge on any atom is -0.490 e. The zero-order chi connectivity index (χ0) is 22.0. The van der Waals surface area contributed by atoms with E-state index in [0.29, 0.717) is 15.8 Å². The summed E-state index contributed by atoms with van der Waals surface area (Å²) in [5.41, 5.74) is 2.32. The first-order chi connectivity index (χ1) is 14.9. The van der Waals surface area contributed by atoms with E-state index in [1.54, 1.807) is 30.3 Å². The Labute approximate surface area is 187 Å². The Morgan fingerprint density at radius 3 is 2.81 bits per heavy atom. The molecule has 0 saturated carbocycles. The first-order valence-corrected chi connectivity index (χ1v) is 10.5. The van der Waals surface area contributed by atoms with Crippen LogP contribution in [0, 0.1) is 10.1 Å². The number of nitrogens with zero attached hydrogens (tertiary/aromatic N) is 1. The Balaban J connectivity index is 1.49. The van der Waals surface area contributed by atoms with Gasteiger partial charge in [-0.3, -0.25) is 14.9 Å². The van der Waals surface area contributed by atoms with Crippen molar-refractivity contribution < 1.29 is 19.2 Å². The maximum atomic E-state index is 12.5. The molecule has 7 nitrogen and oxygen atoms in total. The van der Waals surface area contributed by atoms with Crippen LogP contribution in [0.25, 0.3) is 0 Å².